The van der Waals surface area contributed by atoms with E-state index in [2.05, 4.69) is 15.6 Å². The van der Waals surface area contributed by atoms with E-state index in [1.807, 2.05) is 13.8 Å². The highest BCUT2D eigenvalue weighted by atomic mass is 16.5. The van der Waals surface area contributed by atoms with Crippen molar-refractivity contribution < 1.29 is 9.32 Å². The maximum Gasteiger partial charge on any atom is 0.221 e. The van der Waals surface area contributed by atoms with Gasteiger partial charge in [-0.3, -0.25) is 9.48 Å². The fourth-order valence-electron chi connectivity index (χ4n) is 1.61. The number of hydrogen-bond donors (Lipinski definition) is 1. The van der Waals surface area contributed by atoms with Crippen LogP contribution in [0.1, 0.15) is 23.9 Å². The summed E-state index contributed by atoms with van der Waals surface area (Å²) in [5.41, 5.74) is 2.56. The maximum absolute atomic E-state index is 10.9. The van der Waals surface area contributed by atoms with Crippen LogP contribution in [0.4, 0.5) is 5.69 Å². The molecule has 0 bridgehead atoms. The van der Waals surface area contributed by atoms with Crippen LogP contribution in [0.15, 0.2) is 16.9 Å². The van der Waals surface area contributed by atoms with Crippen LogP contribution in [0.3, 0.4) is 0 Å². The Kier molecular flexibility index (Phi) is 2.95. The van der Waals surface area contributed by atoms with Crippen LogP contribution in [-0.4, -0.2) is 20.8 Å². The topological polar surface area (TPSA) is 73.0 Å². The van der Waals surface area contributed by atoms with E-state index in [0.717, 1.165) is 17.0 Å². The normalized spacial score (nSPS) is 10.5. The third kappa shape index (κ3) is 2.52. The van der Waals surface area contributed by atoms with E-state index in [-0.39, 0.29) is 5.91 Å². The van der Waals surface area contributed by atoms with Gasteiger partial charge < -0.3 is 9.84 Å². The Morgan fingerprint density at radius 3 is 2.88 bits per heavy atom. The second kappa shape index (κ2) is 4.40. The number of hydrogen-bond acceptors (Lipinski definition) is 4. The third-order valence-corrected chi connectivity index (χ3v) is 2.45. The zero-order valence-electron chi connectivity index (χ0n) is 10.0. The molecule has 2 aromatic rings. The van der Waals surface area contributed by atoms with Crippen LogP contribution in [0, 0.1) is 13.8 Å². The zero-order valence-corrected chi connectivity index (χ0v) is 10.0. The molecule has 6 heteroatoms. The Morgan fingerprint density at radius 2 is 2.29 bits per heavy atom. The number of anilines is 1. The van der Waals surface area contributed by atoms with E-state index in [0.29, 0.717) is 12.2 Å². The summed E-state index contributed by atoms with van der Waals surface area (Å²) < 4.78 is 6.81. The van der Waals surface area contributed by atoms with Crippen molar-refractivity contribution in [2.24, 2.45) is 0 Å². The number of carbonyl (C=O) groups is 1. The molecular weight excluding hydrogens is 220 g/mol. The van der Waals surface area contributed by atoms with Crippen LogP contribution in [0.2, 0.25) is 0 Å². The van der Waals surface area contributed by atoms with Gasteiger partial charge in [-0.25, -0.2) is 0 Å². The largest absolute Gasteiger partial charge is 0.361 e. The SMILES string of the molecule is CC(=O)Nc1cnn(Cc2c(C)noc2C)c1. The van der Waals surface area contributed by atoms with Crippen molar-refractivity contribution >= 4 is 11.6 Å². The van der Waals surface area contributed by atoms with Crippen molar-refractivity contribution in [3.05, 3.63) is 29.4 Å². The molecule has 90 valence electrons. The molecule has 2 aromatic heterocycles. The van der Waals surface area contributed by atoms with Gasteiger partial charge in [0.05, 0.1) is 24.1 Å². The van der Waals surface area contributed by atoms with Crippen molar-refractivity contribution in [1.29, 1.82) is 0 Å². The average molecular weight is 234 g/mol. The van der Waals surface area contributed by atoms with E-state index in [9.17, 15) is 4.79 Å². The molecule has 0 saturated heterocycles. The Bertz CT molecular complexity index is 522. The highest BCUT2D eigenvalue weighted by molar-refractivity contribution is 5.88. The lowest BCUT2D eigenvalue weighted by atomic mass is 10.2. The highest BCUT2D eigenvalue weighted by Crippen LogP contribution is 2.14. The molecule has 0 radical (unpaired) electrons. The molecule has 0 saturated carbocycles. The monoisotopic (exact) mass is 234 g/mol. The fraction of sp³-hybridized carbons (Fsp3) is 0.364. The van der Waals surface area contributed by atoms with Crippen LogP contribution in [-0.2, 0) is 11.3 Å². The first-order valence-electron chi connectivity index (χ1n) is 5.28. The molecule has 0 spiro atoms. The van der Waals surface area contributed by atoms with Gasteiger partial charge in [0.1, 0.15) is 5.76 Å². The Morgan fingerprint density at radius 1 is 1.53 bits per heavy atom. The van der Waals surface area contributed by atoms with E-state index >= 15 is 0 Å². The van der Waals surface area contributed by atoms with Gasteiger partial charge in [-0.2, -0.15) is 5.10 Å². The average Bonchev–Trinajstić information content (AvgIpc) is 2.79. The summed E-state index contributed by atoms with van der Waals surface area (Å²) in [4.78, 5) is 10.9. The summed E-state index contributed by atoms with van der Waals surface area (Å²) >= 11 is 0. The van der Waals surface area contributed by atoms with Gasteiger partial charge in [-0.05, 0) is 13.8 Å². The van der Waals surface area contributed by atoms with Crippen molar-refractivity contribution in [2.75, 3.05) is 5.32 Å². The second-order valence-corrected chi connectivity index (χ2v) is 3.91. The quantitative estimate of drug-likeness (QED) is 0.873. The molecule has 0 aliphatic heterocycles. The van der Waals surface area contributed by atoms with E-state index < -0.39 is 0 Å². The summed E-state index contributed by atoms with van der Waals surface area (Å²) in [6.07, 6.45) is 3.38. The van der Waals surface area contributed by atoms with E-state index in [1.165, 1.54) is 6.92 Å². The van der Waals surface area contributed by atoms with Crippen LogP contribution in [0.5, 0.6) is 0 Å². The van der Waals surface area contributed by atoms with Gasteiger partial charge in [0.2, 0.25) is 5.91 Å². The molecule has 1 amide bonds. The number of aromatic nitrogens is 3. The molecule has 2 heterocycles. The first kappa shape index (κ1) is 11.4. The molecule has 0 atom stereocenters. The minimum Gasteiger partial charge on any atom is -0.361 e. The molecule has 0 aliphatic rings. The standard InChI is InChI=1S/C11H14N4O2/c1-7-11(8(2)17-14-7)6-15-5-10(4-12-15)13-9(3)16/h4-5H,6H2,1-3H3,(H,13,16). The lowest BCUT2D eigenvalue weighted by Gasteiger charge is -2.00. The summed E-state index contributed by atoms with van der Waals surface area (Å²) in [5, 5.41) is 10.7. The van der Waals surface area contributed by atoms with Crippen molar-refractivity contribution in [3.63, 3.8) is 0 Å². The Labute approximate surface area is 98.6 Å². The number of rotatable bonds is 3. The van der Waals surface area contributed by atoms with Gasteiger partial charge >= 0.3 is 0 Å². The summed E-state index contributed by atoms with van der Waals surface area (Å²) in [6.45, 7) is 5.81. The van der Waals surface area contributed by atoms with Gasteiger partial charge in [-0.1, -0.05) is 5.16 Å². The first-order valence-corrected chi connectivity index (χ1v) is 5.28. The van der Waals surface area contributed by atoms with Crippen molar-refractivity contribution in [3.8, 4) is 0 Å². The van der Waals surface area contributed by atoms with Crippen LogP contribution >= 0.6 is 0 Å². The molecule has 0 aromatic carbocycles. The van der Waals surface area contributed by atoms with E-state index in [1.54, 1.807) is 17.1 Å². The molecule has 2 rings (SSSR count). The summed E-state index contributed by atoms with van der Waals surface area (Å²) in [7, 11) is 0. The number of amides is 1. The number of carbonyl (C=O) groups excluding carboxylic acids is 1. The molecule has 0 fully saturated rings. The first-order chi connectivity index (χ1) is 8.06. The molecule has 1 N–H and O–H groups in total. The molecular formula is C11H14N4O2. The summed E-state index contributed by atoms with van der Waals surface area (Å²) in [5.74, 6) is 0.681. The number of nitrogens with one attached hydrogen (secondary N) is 1. The molecule has 0 unspecified atom stereocenters. The van der Waals surface area contributed by atoms with Gasteiger partial charge in [-0.15, -0.1) is 0 Å². The predicted octanol–water partition coefficient (Wildman–Crippen LogP) is 1.49. The zero-order chi connectivity index (χ0) is 12.4. The minimum atomic E-state index is -0.109. The maximum atomic E-state index is 10.9. The van der Waals surface area contributed by atoms with Crippen LogP contribution in [0.25, 0.3) is 0 Å². The lowest BCUT2D eigenvalue weighted by molar-refractivity contribution is -0.114. The van der Waals surface area contributed by atoms with E-state index in [4.69, 9.17) is 4.52 Å². The van der Waals surface area contributed by atoms with Crippen molar-refractivity contribution in [1.82, 2.24) is 14.9 Å². The van der Waals surface area contributed by atoms with Gasteiger partial charge in [0.15, 0.2) is 0 Å². The van der Waals surface area contributed by atoms with Crippen LogP contribution < -0.4 is 5.32 Å². The third-order valence-electron chi connectivity index (χ3n) is 2.45. The van der Waals surface area contributed by atoms with Gasteiger partial charge in [0, 0.05) is 18.7 Å². The molecule has 0 aliphatic carbocycles. The van der Waals surface area contributed by atoms with Gasteiger partial charge in [0.25, 0.3) is 0 Å². The number of aryl methyl sites for hydroxylation is 2. The second-order valence-electron chi connectivity index (χ2n) is 3.91. The predicted molar refractivity (Wildman–Crippen MR) is 61.6 cm³/mol. The minimum absolute atomic E-state index is 0.109. The lowest BCUT2D eigenvalue weighted by Crippen LogP contribution is -2.05. The highest BCUT2D eigenvalue weighted by Gasteiger charge is 2.10. The Balaban J connectivity index is 2.14. The smallest absolute Gasteiger partial charge is 0.221 e. The Hall–Kier alpha value is -2.11. The summed E-state index contributed by atoms with van der Waals surface area (Å²) in [6, 6.07) is 0. The van der Waals surface area contributed by atoms with Crippen molar-refractivity contribution in [2.45, 2.75) is 27.3 Å². The fourth-order valence-corrected chi connectivity index (χ4v) is 1.61. The number of nitrogens with zero attached hydrogens (tertiary/aromatic N) is 3. The molecule has 17 heavy (non-hydrogen) atoms. The molecule has 6 nitrogen and oxygen atoms in total.